The van der Waals surface area contributed by atoms with E-state index in [2.05, 4.69) is 5.32 Å². The first kappa shape index (κ1) is 16.2. The van der Waals surface area contributed by atoms with Crippen LogP contribution in [0.15, 0.2) is 30.3 Å². The molecular formula is C17H21NO4. The number of rotatable bonds is 5. The lowest BCUT2D eigenvalue weighted by atomic mass is 9.83. The van der Waals surface area contributed by atoms with Gasteiger partial charge in [-0.3, -0.25) is 9.59 Å². The van der Waals surface area contributed by atoms with Crippen molar-refractivity contribution in [2.45, 2.75) is 38.1 Å². The molecule has 1 saturated carbocycles. The Morgan fingerprint density at radius 3 is 2.68 bits per heavy atom. The smallest absolute Gasteiger partial charge is 0.328 e. The topological polar surface area (TPSA) is 72.5 Å². The predicted molar refractivity (Wildman–Crippen MR) is 81.1 cm³/mol. The zero-order chi connectivity index (χ0) is 15.9. The van der Waals surface area contributed by atoms with E-state index >= 15 is 0 Å². The van der Waals surface area contributed by atoms with Crippen molar-refractivity contribution < 1.29 is 19.1 Å². The Bertz CT molecular complexity index is 541. The lowest BCUT2D eigenvalue weighted by Gasteiger charge is -2.28. The van der Waals surface area contributed by atoms with Crippen molar-refractivity contribution in [2.75, 3.05) is 7.11 Å². The monoisotopic (exact) mass is 303 g/mol. The molecule has 0 unspecified atom stereocenters. The average molecular weight is 303 g/mol. The van der Waals surface area contributed by atoms with Gasteiger partial charge in [-0.05, 0) is 24.3 Å². The molecule has 1 aromatic carbocycles. The molecule has 5 nitrogen and oxygen atoms in total. The fourth-order valence-electron chi connectivity index (χ4n) is 2.84. The highest BCUT2D eigenvalue weighted by atomic mass is 16.5. The number of carbonyl (C=O) groups excluding carboxylic acids is 3. The van der Waals surface area contributed by atoms with Crippen molar-refractivity contribution in [3.8, 4) is 0 Å². The molecule has 0 saturated heterocycles. The second-order valence-corrected chi connectivity index (χ2v) is 5.63. The van der Waals surface area contributed by atoms with Gasteiger partial charge in [0.2, 0.25) is 5.91 Å². The molecule has 0 bridgehead atoms. The maximum Gasteiger partial charge on any atom is 0.328 e. The van der Waals surface area contributed by atoms with Crippen LogP contribution in [-0.2, 0) is 25.5 Å². The van der Waals surface area contributed by atoms with E-state index in [1.807, 2.05) is 30.3 Å². The number of hydrogen-bond donors (Lipinski definition) is 1. The molecule has 0 aliphatic heterocycles. The molecule has 1 N–H and O–H groups in total. The van der Waals surface area contributed by atoms with Crippen LogP contribution in [0.5, 0.6) is 0 Å². The summed E-state index contributed by atoms with van der Waals surface area (Å²) in [6, 6.07) is 8.57. The van der Waals surface area contributed by atoms with Gasteiger partial charge in [0.15, 0.2) is 0 Å². The van der Waals surface area contributed by atoms with E-state index in [4.69, 9.17) is 4.74 Å². The Labute approximate surface area is 130 Å². The minimum Gasteiger partial charge on any atom is -0.467 e. The van der Waals surface area contributed by atoms with Gasteiger partial charge in [0.25, 0.3) is 0 Å². The zero-order valence-electron chi connectivity index (χ0n) is 12.7. The normalized spacial score (nSPS) is 19.3. The van der Waals surface area contributed by atoms with Crippen LogP contribution in [-0.4, -0.2) is 30.8 Å². The molecule has 2 atom stereocenters. The van der Waals surface area contributed by atoms with Crippen molar-refractivity contribution in [1.82, 2.24) is 5.32 Å². The molecular weight excluding hydrogens is 282 g/mol. The van der Waals surface area contributed by atoms with Crippen LogP contribution in [0.4, 0.5) is 0 Å². The Morgan fingerprint density at radius 1 is 1.32 bits per heavy atom. The fraction of sp³-hybridized carbons (Fsp3) is 0.471. The highest BCUT2D eigenvalue weighted by Gasteiger charge is 2.34. The van der Waals surface area contributed by atoms with E-state index in [0.717, 1.165) is 18.4 Å². The fourth-order valence-corrected chi connectivity index (χ4v) is 2.84. The minimum atomic E-state index is -0.745. The van der Waals surface area contributed by atoms with Gasteiger partial charge in [0.1, 0.15) is 11.8 Å². The van der Waals surface area contributed by atoms with Crippen molar-refractivity contribution in [3.05, 3.63) is 35.9 Å². The number of benzene rings is 1. The van der Waals surface area contributed by atoms with Crippen LogP contribution >= 0.6 is 0 Å². The van der Waals surface area contributed by atoms with Crippen LogP contribution in [0, 0.1) is 5.92 Å². The number of ether oxygens (including phenoxy) is 1. The first-order chi connectivity index (χ1) is 10.6. The molecule has 0 heterocycles. The maximum absolute atomic E-state index is 12.2. The average Bonchev–Trinajstić information content (AvgIpc) is 2.53. The number of amides is 1. The molecule has 118 valence electrons. The van der Waals surface area contributed by atoms with Crippen LogP contribution in [0.2, 0.25) is 0 Å². The largest absolute Gasteiger partial charge is 0.467 e. The van der Waals surface area contributed by atoms with E-state index in [1.165, 1.54) is 7.11 Å². The highest BCUT2D eigenvalue weighted by molar-refractivity contribution is 5.87. The molecule has 1 aromatic rings. The SMILES string of the molecule is COC(=O)[C@@H](NC(=O)Cc1ccccc1)[C@H]1CCCC(=O)C1. The van der Waals surface area contributed by atoms with Crippen molar-refractivity contribution >= 4 is 17.7 Å². The van der Waals surface area contributed by atoms with Gasteiger partial charge >= 0.3 is 5.97 Å². The van der Waals surface area contributed by atoms with Gasteiger partial charge in [0.05, 0.1) is 13.5 Å². The second kappa shape index (κ2) is 7.73. The summed E-state index contributed by atoms with van der Waals surface area (Å²) >= 11 is 0. The number of Topliss-reactive ketones (excluding diaryl/α,β-unsaturated/α-hetero) is 1. The first-order valence-electron chi connectivity index (χ1n) is 7.53. The molecule has 5 heteroatoms. The van der Waals surface area contributed by atoms with E-state index in [0.29, 0.717) is 12.8 Å². The quantitative estimate of drug-likeness (QED) is 0.839. The standard InChI is InChI=1S/C17H21NO4/c1-22-17(21)16(13-8-5-9-14(19)11-13)18-15(20)10-12-6-3-2-4-7-12/h2-4,6-7,13,16H,5,8-11H2,1H3,(H,18,20)/t13-,16-/m0/s1. The third kappa shape index (κ3) is 4.41. The lowest BCUT2D eigenvalue weighted by Crippen LogP contribution is -2.48. The van der Waals surface area contributed by atoms with Gasteiger partial charge < -0.3 is 10.1 Å². The molecule has 1 fully saturated rings. The molecule has 0 radical (unpaired) electrons. The van der Waals surface area contributed by atoms with E-state index < -0.39 is 12.0 Å². The zero-order valence-corrected chi connectivity index (χ0v) is 12.7. The van der Waals surface area contributed by atoms with Gasteiger partial charge in [-0.15, -0.1) is 0 Å². The summed E-state index contributed by atoms with van der Waals surface area (Å²) in [7, 11) is 1.29. The summed E-state index contributed by atoms with van der Waals surface area (Å²) in [6.45, 7) is 0. The Morgan fingerprint density at radius 2 is 2.05 bits per heavy atom. The number of nitrogens with one attached hydrogen (secondary N) is 1. The van der Waals surface area contributed by atoms with Crippen LogP contribution in [0.3, 0.4) is 0 Å². The second-order valence-electron chi connectivity index (χ2n) is 5.63. The summed E-state index contributed by atoms with van der Waals surface area (Å²) in [5, 5.41) is 2.74. The van der Waals surface area contributed by atoms with E-state index in [1.54, 1.807) is 0 Å². The van der Waals surface area contributed by atoms with Crippen LogP contribution in [0.25, 0.3) is 0 Å². The summed E-state index contributed by atoms with van der Waals surface area (Å²) in [5.41, 5.74) is 0.878. The number of carbonyl (C=O) groups is 3. The number of methoxy groups -OCH3 is 1. The van der Waals surface area contributed by atoms with Crippen molar-refractivity contribution in [2.24, 2.45) is 5.92 Å². The predicted octanol–water partition coefficient (Wildman–Crippen LogP) is 1.65. The lowest BCUT2D eigenvalue weighted by molar-refractivity contribution is -0.147. The molecule has 22 heavy (non-hydrogen) atoms. The third-order valence-electron chi connectivity index (χ3n) is 3.97. The van der Waals surface area contributed by atoms with Crippen LogP contribution < -0.4 is 5.32 Å². The van der Waals surface area contributed by atoms with Crippen LogP contribution in [0.1, 0.15) is 31.2 Å². The minimum absolute atomic E-state index is 0.141. The molecule has 2 rings (SSSR count). The van der Waals surface area contributed by atoms with Gasteiger partial charge in [-0.25, -0.2) is 4.79 Å². The van der Waals surface area contributed by atoms with Crippen molar-refractivity contribution in [1.29, 1.82) is 0 Å². The summed E-state index contributed by atoms with van der Waals surface area (Å²) in [5.74, 6) is -0.753. The Kier molecular flexibility index (Phi) is 5.69. The van der Waals surface area contributed by atoms with Gasteiger partial charge in [-0.1, -0.05) is 30.3 Å². The molecule has 1 aliphatic rings. The Balaban J connectivity index is 2.01. The number of ketones is 1. The maximum atomic E-state index is 12.2. The molecule has 1 aliphatic carbocycles. The first-order valence-corrected chi connectivity index (χ1v) is 7.53. The van der Waals surface area contributed by atoms with Gasteiger partial charge in [0, 0.05) is 12.8 Å². The number of hydrogen-bond acceptors (Lipinski definition) is 4. The Hall–Kier alpha value is -2.17. The van der Waals surface area contributed by atoms with Crippen molar-refractivity contribution in [3.63, 3.8) is 0 Å². The molecule has 0 aromatic heterocycles. The summed E-state index contributed by atoms with van der Waals surface area (Å²) < 4.78 is 4.79. The van der Waals surface area contributed by atoms with E-state index in [-0.39, 0.29) is 24.0 Å². The highest BCUT2D eigenvalue weighted by Crippen LogP contribution is 2.25. The summed E-state index contributed by atoms with van der Waals surface area (Å²) in [4.78, 5) is 35.7. The number of esters is 1. The van der Waals surface area contributed by atoms with Gasteiger partial charge in [-0.2, -0.15) is 0 Å². The molecule has 0 spiro atoms. The van der Waals surface area contributed by atoms with E-state index in [9.17, 15) is 14.4 Å². The summed E-state index contributed by atoms with van der Waals surface area (Å²) in [6.07, 6.45) is 2.59. The molecule has 1 amide bonds. The third-order valence-corrected chi connectivity index (χ3v) is 3.97.